The Kier molecular flexibility index (Phi) is 6.81. The van der Waals surface area contributed by atoms with E-state index in [1.807, 2.05) is 6.92 Å². The van der Waals surface area contributed by atoms with Gasteiger partial charge < -0.3 is 14.6 Å². The number of rotatable bonds is 9. The molecule has 0 atom stereocenters. The lowest BCUT2D eigenvalue weighted by atomic mass is 10.2. The third-order valence-electron chi connectivity index (χ3n) is 2.82. The summed E-state index contributed by atoms with van der Waals surface area (Å²) in [7, 11) is -2.97. The molecule has 6 heteroatoms. The summed E-state index contributed by atoms with van der Waals surface area (Å²) >= 11 is 0. The highest BCUT2D eigenvalue weighted by Gasteiger charge is 2.12. The topological polar surface area (TPSA) is 72.8 Å². The van der Waals surface area contributed by atoms with E-state index in [-0.39, 0.29) is 24.7 Å². The zero-order chi connectivity index (χ0) is 15.0. The highest BCUT2D eigenvalue weighted by atomic mass is 32.2. The minimum Gasteiger partial charge on any atom is -0.490 e. The monoisotopic (exact) mass is 302 g/mol. The number of aliphatic hydroxyl groups is 1. The maximum atomic E-state index is 11.4. The molecule has 0 spiro atoms. The summed E-state index contributed by atoms with van der Waals surface area (Å²) in [5.41, 5.74) is 0.634. The maximum absolute atomic E-state index is 11.4. The molecule has 0 amide bonds. The summed E-state index contributed by atoms with van der Waals surface area (Å²) < 4.78 is 33.8. The van der Waals surface area contributed by atoms with Gasteiger partial charge in [-0.1, -0.05) is 19.1 Å². The summed E-state index contributed by atoms with van der Waals surface area (Å²) in [5, 5.41) is 9.30. The maximum Gasteiger partial charge on any atom is 0.166 e. The number of ether oxygens (including phenoxy) is 2. The fourth-order valence-electron chi connectivity index (χ4n) is 1.72. The van der Waals surface area contributed by atoms with E-state index in [2.05, 4.69) is 0 Å². The standard InChI is InChI=1S/C14H22O5S/c1-3-18-13-8-5-7-12(11-15)14(13)19-9-6-10-20(16,17)4-2/h5,7-8,15H,3-4,6,9-11H2,1-2H3. The van der Waals surface area contributed by atoms with E-state index < -0.39 is 9.84 Å². The van der Waals surface area contributed by atoms with Crippen LogP contribution in [-0.4, -0.2) is 38.2 Å². The van der Waals surface area contributed by atoms with Crippen LogP contribution in [0, 0.1) is 0 Å². The van der Waals surface area contributed by atoms with Gasteiger partial charge in [0.2, 0.25) is 0 Å². The third-order valence-corrected chi connectivity index (χ3v) is 4.61. The second kappa shape index (κ2) is 8.11. The lowest BCUT2D eigenvalue weighted by molar-refractivity contribution is 0.248. The van der Waals surface area contributed by atoms with Crippen LogP contribution in [0.4, 0.5) is 0 Å². The Morgan fingerprint density at radius 3 is 2.55 bits per heavy atom. The summed E-state index contributed by atoms with van der Waals surface area (Å²) in [6, 6.07) is 5.30. The van der Waals surface area contributed by atoms with Crippen molar-refractivity contribution in [2.45, 2.75) is 26.9 Å². The number of sulfone groups is 1. The van der Waals surface area contributed by atoms with Crippen LogP contribution >= 0.6 is 0 Å². The van der Waals surface area contributed by atoms with Gasteiger partial charge in [-0.15, -0.1) is 0 Å². The number of benzene rings is 1. The second-order valence-electron chi connectivity index (χ2n) is 4.27. The van der Waals surface area contributed by atoms with Crippen LogP contribution < -0.4 is 9.47 Å². The number of hydrogen-bond donors (Lipinski definition) is 1. The Morgan fingerprint density at radius 1 is 1.20 bits per heavy atom. The molecule has 0 saturated carbocycles. The second-order valence-corrected chi connectivity index (χ2v) is 6.75. The van der Waals surface area contributed by atoms with Gasteiger partial charge in [-0.3, -0.25) is 0 Å². The van der Waals surface area contributed by atoms with Gasteiger partial charge in [0.1, 0.15) is 9.84 Å². The quantitative estimate of drug-likeness (QED) is 0.704. The number of para-hydroxylation sites is 1. The molecule has 0 aliphatic carbocycles. The molecule has 0 aliphatic rings. The average molecular weight is 302 g/mol. The molecule has 0 aromatic heterocycles. The van der Waals surface area contributed by atoms with E-state index in [4.69, 9.17) is 9.47 Å². The van der Waals surface area contributed by atoms with Crippen molar-refractivity contribution in [2.24, 2.45) is 0 Å². The van der Waals surface area contributed by atoms with Crippen molar-refractivity contribution in [3.63, 3.8) is 0 Å². The van der Waals surface area contributed by atoms with Gasteiger partial charge in [0.15, 0.2) is 11.5 Å². The predicted molar refractivity (Wildman–Crippen MR) is 78.0 cm³/mol. The fraction of sp³-hybridized carbons (Fsp3) is 0.571. The van der Waals surface area contributed by atoms with Crippen LogP contribution in [0.5, 0.6) is 11.5 Å². The first kappa shape index (κ1) is 16.8. The summed E-state index contributed by atoms with van der Waals surface area (Å²) in [6.07, 6.45) is 0.418. The largest absolute Gasteiger partial charge is 0.490 e. The smallest absolute Gasteiger partial charge is 0.166 e. The van der Waals surface area contributed by atoms with E-state index in [9.17, 15) is 13.5 Å². The zero-order valence-electron chi connectivity index (χ0n) is 12.0. The van der Waals surface area contributed by atoms with Crippen molar-refractivity contribution in [2.75, 3.05) is 24.7 Å². The highest BCUT2D eigenvalue weighted by molar-refractivity contribution is 7.91. The van der Waals surface area contributed by atoms with Gasteiger partial charge in [-0.25, -0.2) is 8.42 Å². The molecule has 5 nitrogen and oxygen atoms in total. The molecule has 0 saturated heterocycles. The van der Waals surface area contributed by atoms with Gasteiger partial charge in [-0.2, -0.15) is 0 Å². The van der Waals surface area contributed by atoms with Crippen molar-refractivity contribution in [3.05, 3.63) is 23.8 Å². The summed E-state index contributed by atoms with van der Waals surface area (Å²) in [5.74, 6) is 1.31. The molecule has 0 unspecified atom stereocenters. The Labute approximate surface area is 120 Å². The van der Waals surface area contributed by atoms with Gasteiger partial charge in [0, 0.05) is 11.3 Å². The Balaban J connectivity index is 2.66. The van der Waals surface area contributed by atoms with Crippen LogP contribution in [0.15, 0.2) is 18.2 Å². The van der Waals surface area contributed by atoms with Crippen LogP contribution in [0.25, 0.3) is 0 Å². The molecule has 0 aliphatic heterocycles. The van der Waals surface area contributed by atoms with Crippen molar-refractivity contribution in [1.29, 1.82) is 0 Å². The van der Waals surface area contributed by atoms with Gasteiger partial charge in [-0.05, 0) is 19.4 Å². The lowest BCUT2D eigenvalue weighted by Crippen LogP contribution is -2.12. The first-order chi connectivity index (χ1) is 9.54. The van der Waals surface area contributed by atoms with Gasteiger partial charge >= 0.3 is 0 Å². The van der Waals surface area contributed by atoms with Crippen molar-refractivity contribution in [1.82, 2.24) is 0 Å². The van der Waals surface area contributed by atoms with Crippen LogP contribution in [0.3, 0.4) is 0 Å². The Morgan fingerprint density at radius 2 is 1.95 bits per heavy atom. The molecule has 1 rings (SSSR count). The molecule has 114 valence electrons. The van der Waals surface area contributed by atoms with E-state index in [0.29, 0.717) is 30.1 Å². The molecule has 0 heterocycles. The number of hydrogen-bond acceptors (Lipinski definition) is 5. The molecule has 1 aromatic carbocycles. The minimum atomic E-state index is -2.97. The van der Waals surface area contributed by atoms with E-state index in [0.717, 1.165) is 0 Å². The molecule has 0 bridgehead atoms. The zero-order valence-corrected chi connectivity index (χ0v) is 12.8. The summed E-state index contributed by atoms with van der Waals surface area (Å²) in [6.45, 7) is 4.11. The molecule has 1 aromatic rings. The number of aliphatic hydroxyl groups excluding tert-OH is 1. The first-order valence-electron chi connectivity index (χ1n) is 6.72. The SMILES string of the molecule is CCOc1cccc(CO)c1OCCCS(=O)(=O)CC. The Bertz CT molecular complexity index is 510. The van der Waals surface area contributed by atoms with E-state index >= 15 is 0 Å². The molecule has 0 fully saturated rings. The summed E-state index contributed by atoms with van der Waals surface area (Å²) in [4.78, 5) is 0. The van der Waals surface area contributed by atoms with Crippen LogP contribution in [0.2, 0.25) is 0 Å². The molecular weight excluding hydrogens is 280 g/mol. The van der Waals surface area contributed by atoms with Gasteiger partial charge in [0.25, 0.3) is 0 Å². The van der Waals surface area contributed by atoms with Crippen molar-refractivity contribution >= 4 is 9.84 Å². The Hall–Kier alpha value is -1.27. The van der Waals surface area contributed by atoms with Crippen LogP contribution in [-0.2, 0) is 16.4 Å². The van der Waals surface area contributed by atoms with Crippen molar-refractivity contribution in [3.8, 4) is 11.5 Å². The predicted octanol–water partition coefficient (Wildman–Crippen LogP) is 1.78. The lowest BCUT2D eigenvalue weighted by Gasteiger charge is -2.14. The molecular formula is C14H22O5S. The van der Waals surface area contributed by atoms with E-state index in [1.54, 1.807) is 25.1 Å². The molecule has 1 N–H and O–H groups in total. The normalized spacial score (nSPS) is 11.3. The molecule has 20 heavy (non-hydrogen) atoms. The van der Waals surface area contributed by atoms with Crippen molar-refractivity contribution < 1.29 is 23.0 Å². The third kappa shape index (κ3) is 5.02. The highest BCUT2D eigenvalue weighted by Crippen LogP contribution is 2.31. The first-order valence-corrected chi connectivity index (χ1v) is 8.55. The van der Waals surface area contributed by atoms with E-state index in [1.165, 1.54) is 0 Å². The average Bonchev–Trinajstić information content (AvgIpc) is 2.45. The van der Waals surface area contributed by atoms with Gasteiger partial charge in [0.05, 0.1) is 25.6 Å². The molecule has 0 radical (unpaired) electrons. The minimum absolute atomic E-state index is 0.106. The van der Waals surface area contributed by atoms with Crippen LogP contribution in [0.1, 0.15) is 25.8 Å². The fourth-order valence-corrected chi connectivity index (χ4v) is 2.56.